The van der Waals surface area contributed by atoms with Crippen molar-refractivity contribution >= 4 is 0 Å². The highest BCUT2D eigenvalue weighted by Gasteiger charge is 2.12. The van der Waals surface area contributed by atoms with E-state index >= 15 is 0 Å². The molecule has 0 N–H and O–H groups in total. The Balaban J connectivity index is 1.08. The van der Waals surface area contributed by atoms with Crippen molar-refractivity contribution in [3.63, 3.8) is 0 Å². The van der Waals surface area contributed by atoms with E-state index in [2.05, 4.69) is 192 Å². The molecule has 254 valence electrons. The lowest BCUT2D eigenvalue weighted by molar-refractivity contribution is 1.32. The molecule has 0 amide bonds. The van der Waals surface area contributed by atoms with Crippen molar-refractivity contribution in [3.8, 4) is 89.1 Å². The number of hydrogen-bond acceptors (Lipinski definition) is 2. The van der Waals surface area contributed by atoms with Crippen molar-refractivity contribution in [1.82, 2.24) is 9.97 Å². The number of pyridine rings is 2. The lowest BCUT2D eigenvalue weighted by atomic mass is 9.91. The third kappa shape index (κ3) is 7.01. The lowest BCUT2D eigenvalue weighted by Crippen LogP contribution is -1.89. The molecular formula is C52H36N2. The van der Waals surface area contributed by atoms with Crippen molar-refractivity contribution < 1.29 is 0 Å². The first-order valence-electron chi connectivity index (χ1n) is 18.3. The number of nitrogens with zero attached hydrogens (tertiary/aromatic N) is 2. The van der Waals surface area contributed by atoms with Gasteiger partial charge in [-0.05, 0) is 145 Å². The van der Waals surface area contributed by atoms with E-state index in [1.165, 1.54) is 55.6 Å². The summed E-state index contributed by atoms with van der Waals surface area (Å²) in [7, 11) is 0. The van der Waals surface area contributed by atoms with Crippen molar-refractivity contribution in [2.75, 3.05) is 0 Å². The average Bonchev–Trinajstić information content (AvgIpc) is 3.27. The summed E-state index contributed by atoms with van der Waals surface area (Å²) in [6.07, 6.45) is 5.57. The van der Waals surface area contributed by atoms with Crippen LogP contribution in [-0.4, -0.2) is 9.97 Å². The van der Waals surface area contributed by atoms with Gasteiger partial charge in [0.2, 0.25) is 0 Å². The number of benzene rings is 7. The maximum atomic E-state index is 4.67. The van der Waals surface area contributed by atoms with Crippen LogP contribution in [0.15, 0.2) is 219 Å². The van der Waals surface area contributed by atoms with Gasteiger partial charge in [0.05, 0.1) is 5.69 Å². The number of hydrogen-bond donors (Lipinski definition) is 0. The summed E-state index contributed by atoms with van der Waals surface area (Å²) >= 11 is 0. The largest absolute Gasteiger partial charge is 0.264 e. The zero-order valence-electron chi connectivity index (χ0n) is 29.7. The molecule has 2 heterocycles. The van der Waals surface area contributed by atoms with E-state index in [9.17, 15) is 0 Å². The molecule has 0 aliphatic rings. The molecule has 0 saturated carbocycles. The van der Waals surface area contributed by atoms with Gasteiger partial charge >= 0.3 is 0 Å². The fourth-order valence-corrected chi connectivity index (χ4v) is 7.20. The number of rotatable bonds is 8. The third-order valence-electron chi connectivity index (χ3n) is 9.96. The summed E-state index contributed by atoms with van der Waals surface area (Å²) < 4.78 is 0. The molecule has 54 heavy (non-hydrogen) atoms. The Morgan fingerprint density at radius 2 is 0.574 bits per heavy atom. The summed E-state index contributed by atoms with van der Waals surface area (Å²) in [4.78, 5) is 9.06. The molecule has 0 radical (unpaired) electrons. The van der Waals surface area contributed by atoms with Crippen LogP contribution in [-0.2, 0) is 0 Å². The van der Waals surface area contributed by atoms with Gasteiger partial charge in [-0.1, -0.05) is 127 Å². The topological polar surface area (TPSA) is 25.8 Å². The van der Waals surface area contributed by atoms with Crippen LogP contribution in [0.2, 0.25) is 0 Å². The zero-order chi connectivity index (χ0) is 36.1. The Kier molecular flexibility index (Phi) is 8.99. The van der Waals surface area contributed by atoms with Crippen LogP contribution >= 0.6 is 0 Å². The van der Waals surface area contributed by atoms with Crippen LogP contribution in [0.4, 0.5) is 0 Å². The molecule has 2 nitrogen and oxygen atoms in total. The van der Waals surface area contributed by atoms with Gasteiger partial charge in [-0.15, -0.1) is 0 Å². The minimum absolute atomic E-state index is 0.943. The maximum absolute atomic E-state index is 4.67. The van der Waals surface area contributed by atoms with E-state index in [4.69, 9.17) is 0 Å². The van der Waals surface area contributed by atoms with Gasteiger partial charge < -0.3 is 0 Å². The first kappa shape index (κ1) is 32.7. The normalized spacial score (nSPS) is 11.0. The Morgan fingerprint density at radius 3 is 1.00 bits per heavy atom. The second-order valence-corrected chi connectivity index (χ2v) is 13.5. The Bertz CT molecular complexity index is 2390. The monoisotopic (exact) mass is 688 g/mol. The van der Waals surface area contributed by atoms with Crippen LogP contribution < -0.4 is 0 Å². The van der Waals surface area contributed by atoms with Gasteiger partial charge in [0.1, 0.15) is 0 Å². The van der Waals surface area contributed by atoms with Crippen LogP contribution in [0.25, 0.3) is 89.1 Å². The Labute approximate surface area is 316 Å². The van der Waals surface area contributed by atoms with E-state index in [0.29, 0.717) is 0 Å². The molecule has 0 unspecified atom stereocenters. The summed E-state index contributed by atoms with van der Waals surface area (Å²) in [5.41, 5.74) is 18.4. The van der Waals surface area contributed by atoms with E-state index < -0.39 is 0 Å². The van der Waals surface area contributed by atoms with Gasteiger partial charge in [0, 0.05) is 29.7 Å². The molecule has 0 spiro atoms. The summed E-state index contributed by atoms with van der Waals surface area (Å²) in [6, 6.07) is 71.6. The van der Waals surface area contributed by atoms with Crippen molar-refractivity contribution in [2.45, 2.75) is 0 Å². The van der Waals surface area contributed by atoms with E-state index in [-0.39, 0.29) is 0 Å². The van der Waals surface area contributed by atoms with Crippen LogP contribution in [0.5, 0.6) is 0 Å². The average molecular weight is 689 g/mol. The first-order chi connectivity index (χ1) is 26.7. The highest BCUT2D eigenvalue weighted by molar-refractivity contribution is 5.85. The van der Waals surface area contributed by atoms with Gasteiger partial charge in [-0.2, -0.15) is 0 Å². The molecule has 0 aliphatic heterocycles. The quantitative estimate of drug-likeness (QED) is 0.159. The lowest BCUT2D eigenvalue weighted by Gasteiger charge is -2.13. The van der Waals surface area contributed by atoms with Crippen LogP contribution in [0.3, 0.4) is 0 Å². The molecule has 0 atom stereocenters. The number of aromatic nitrogens is 2. The molecule has 7 aromatic carbocycles. The molecule has 0 saturated heterocycles. The minimum Gasteiger partial charge on any atom is -0.264 e. The van der Waals surface area contributed by atoms with Crippen molar-refractivity contribution in [2.24, 2.45) is 0 Å². The molecule has 0 fully saturated rings. The Morgan fingerprint density at radius 1 is 0.222 bits per heavy atom. The molecule has 0 bridgehead atoms. The summed E-state index contributed by atoms with van der Waals surface area (Å²) in [5.74, 6) is 0. The zero-order valence-corrected chi connectivity index (χ0v) is 29.7. The van der Waals surface area contributed by atoms with E-state index in [1.807, 2.05) is 36.8 Å². The first-order valence-corrected chi connectivity index (χ1v) is 18.3. The minimum atomic E-state index is 0.943. The Hall–Kier alpha value is -7.16. The summed E-state index contributed by atoms with van der Waals surface area (Å²) in [6.45, 7) is 0. The second-order valence-electron chi connectivity index (χ2n) is 13.5. The molecule has 2 aromatic heterocycles. The van der Waals surface area contributed by atoms with Crippen molar-refractivity contribution in [1.29, 1.82) is 0 Å². The maximum Gasteiger partial charge on any atom is 0.0702 e. The standard InChI is InChI=1S/C52H36N2/c1-3-13-37(14-4-1)46-30-47(38-15-5-2-6-16-38)32-48(31-46)43-21-10-19-41(28-43)39-17-9-18-40(27-39)42-20-11-22-44(29-42)49-33-50(45-23-12-25-53-36-45)35-51(34-49)52-24-7-8-26-54-52/h1-36H. The highest BCUT2D eigenvalue weighted by atomic mass is 14.7. The van der Waals surface area contributed by atoms with E-state index in [0.717, 1.165) is 33.5 Å². The van der Waals surface area contributed by atoms with Gasteiger partial charge in [-0.25, -0.2) is 0 Å². The van der Waals surface area contributed by atoms with Gasteiger partial charge in [-0.3, -0.25) is 9.97 Å². The summed E-state index contributed by atoms with van der Waals surface area (Å²) in [5, 5.41) is 0. The smallest absolute Gasteiger partial charge is 0.0702 e. The predicted octanol–water partition coefficient (Wildman–Crippen LogP) is 13.8. The molecular weight excluding hydrogens is 653 g/mol. The fourth-order valence-electron chi connectivity index (χ4n) is 7.20. The molecule has 0 aliphatic carbocycles. The second kappa shape index (κ2) is 14.8. The highest BCUT2D eigenvalue weighted by Crippen LogP contribution is 2.37. The van der Waals surface area contributed by atoms with E-state index in [1.54, 1.807) is 0 Å². The molecule has 9 aromatic rings. The van der Waals surface area contributed by atoms with Crippen LogP contribution in [0.1, 0.15) is 0 Å². The molecule has 2 heteroatoms. The fraction of sp³-hybridized carbons (Fsp3) is 0. The molecule has 9 rings (SSSR count). The third-order valence-corrected chi connectivity index (χ3v) is 9.96. The van der Waals surface area contributed by atoms with Gasteiger partial charge in [0.25, 0.3) is 0 Å². The van der Waals surface area contributed by atoms with Gasteiger partial charge in [0.15, 0.2) is 0 Å². The van der Waals surface area contributed by atoms with Crippen LogP contribution in [0, 0.1) is 0 Å². The van der Waals surface area contributed by atoms with Crippen molar-refractivity contribution in [3.05, 3.63) is 219 Å². The predicted molar refractivity (Wildman–Crippen MR) is 226 cm³/mol. The SMILES string of the molecule is c1ccc(-c2cc(-c3ccccc3)cc(-c3cccc(-c4cccc(-c5cccc(-c6cc(-c7cccnc7)cc(-c7ccccn7)c6)c5)c4)c3)c2)cc1.